The summed E-state index contributed by atoms with van der Waals surface area (Å²) >= 11 is 0. The van der Waals surface area contributed by atoms with E-state index < -0.39 is 0 Å². The van der Waals surface area contributed by atoms with Crippen molar-refractivity contribution in [2.45, 2.75) is 12.8 Å². The molecule has 0 saturated heterocycles. The van der Waals surface area contributed by atoms with Crippen molar-refractivity contribution in [3.63, 3.8) is 0 Å². The minimum atomic E-state index is -0.360. The molecule has 0 amide bonds. The van der Waals surface area contributed by atoms with Crippen molar-refractivity contribution in [2.24, 2.45) is 11.3 Å². The van der Waals surface area contributed by atoms with Gasteiger partial charge in [0.25, 0.3) is 0 Å². The Bertz CT molecular complexity index is 2670. The standard InChI is InChI=1S/C47H13N/c1-3-5-7-9-11-13-15-17-19-20-21-22-23-25-27-29-31-33-36-44-37-35-40-47(44)42-43-39-41-48-46(43)45(47)38-34-32-30-28-26-24-18-16-14-12-10-8-6-4-2/h1-2,35,37,40,45,48H,39,41-42H2. The number of hydrogen-bond acceptors (Lipinski definition) is 1. The van der Waals surface area contributed by atoms with Gasteiger partial charge in [0.15, 0.2) is 0 Å². The highest BCUT2D eigenvalue weighted by Crippen LogP contribution is 2.55. The van der Waals surface area contributed by atoms with Crippen LogP contribution >= 0.6 is 0 Å². The van der Waals surface area contributed by atoms with Gasteiger partial charge in [-0.3, -0.25) is 0 Å². The van der Waals surface area contributed by atoms with Crippen LogP contribution in [0.15, 0.2) is 35.1 Å². The fourth-order valence-electron chi connectivity index (χ4n) is 4.23. The molecule has 0 aromatic carbocycles. The Balaban J connectivity index is 1.61. The molecule has 1 heteroatoms. The zero-order valence-electron chi connectivity index (χ0n) is 25.1. The van der Waals surface area contributed by atoms with Crippen LogP contribution in [-0.2, 0) is 0 Å². The third-order valence-electron chi connectivity index (χ3n) is 5.90. The predicted molar refractivity (Wildman–Crippen MR) is 189 cm³/mol. The summed E-state index contributed by atoms with van der Waals surface area (Å²) in [6.07, 6.45) is 18.0. The Hall–Kier alpha value is -8.90. The maximum Gasteiger partial charge on any atom is 0.0749 e. The summed E-state index contributed by atoms with van der Waals surface area (Å²) in [5.74, 6) is 88.1. The van der Waals surface area contributed by atoms with Crippen LogP contribution in [0, 0.1) is 225 Å². The molecule has 48 heavy (non-hydrogen) atoms. The molecule has 2 unspecified atom stereocenters. The molecule has 0 radical (unpaired) electrons. The van der Waals surface area contributed by atoms with Gasteiger partial charge in [0, 0.05) is 35.1 Å². The molecule has 0 saturated carbocycles. The highest BCUT2D eigenvalue weighted by molar-refractivity contribution is 5.58. The van der Waals surface area contributed by atoms with E-state index >= 15 is 0 Å². The summed E-state index contributed by atoms with van der Waals surface area (Å²) in [7, 11) is 0. The monoisotopic (exact) mass is 591 g/mol. The second-order valence-electron chi connectivity index (χ2n) is 8.59. The average Bonchev–Trinajstić information content (AvgIpc) is 3.80. The quantitative estimate of drug-likeness (QED) is 0.426. The zero-order valence-corrected chi connectivity index (χ0v) is 25.1. The summed E-state index contributed by atoms with van der Waals surface area (Å²) in [5.41, 5.74) is 3.10. The molecular weight excluding hydrogens is 579 g/mol. The summed E-state index contributed by atoms with van der Waals surface area (Å²) in [5, 5.41) is 3.51. The van der Waals surface area contributed by atoms with Crippen LogP contribution in [0.5, 0.6) is 0 Å². The van der Waals surface area contributed by atoms with E-state index in [1.54, 1.807) is 0 Å². The van der Waals surface area contributed by atoms with Gasteiger partial charge in [0.2, 0.25) is 0 Å². The minimum absolute atomic E-state index is 0.105. The van der Waals surface area contributed by atoms with Crippen LogP contribution < -0.4 is 5.32 Å². The molecule has 1 spiro atoms. The van der Waals surface area contributed by atoms with Crippen molar-refractivity contribution in [1.29, 1.82) is 0 Å². The molecular formula is C47H13N. The molecule has 1 nitrogen and oxygen atoms in total. The van der Waals surface area contributed by atoms with E-state index in [1.165, 1.54) is 5.57 Å². The van der Waals surface area contributed by atoms with E-state index in [-0.39, 0.29) is 11.3 Å². The molecule has 1 heterocycles. The Kier molecular flexibility index (Phi) is 14.6. The Morgan fingerprint density at radius 3 is 1.35 bits per heavy atom. The normalized spacial score (nSPS) is 14.2. The first-order valence-electron chi connectivity index (χ1n) is 13.6. The fourth-order valence-corrected chi connectivity index (χ4v) is 4.23. The molecule has 3 rings (SSSR count). The van der Waals surface area contributed by atoms with E-state index in [2.05, 4.69) is 213 Å². The van der Waals surface area contributed by atoms with Gasteiger partial charge in [-0.1, -0.05) is 24.0 Å². The van der Waals surface area contributed by atoms with E-state index in [9.17, 15) is 0 Å². The second-order valence-corrected chi connectivity index (χ2v) is 8.59. The van der Waals surface area contributed by atoms with Crippen molar-refractivity contribution in [3.05, 3.63) is 35.1 Å². The summed E-state index contributed by atoms with van der Waals surface area (Å²) in [4.78, 5) is 0. The van der Waals surface area contributed by atoms with E-state index in [0.717, 1.165) is 30.7 Å². The van der Waals surface area contributed by atoms with Gasteiger partial charge in [-0.2, -0.15) is 0 Å². The van der Waals surface area contributed by atoms with Crippen molar-refractivity contribution in [3.8, 4) is 214 Å². The van der Waals surface area contributed by atoms with Crippen LogP contribution in [0.3, 0.4) is 0 Å². The smallest absolute Gasteiger partial charge is 0.0749 e. The molecule has 0 bridgehead atoms. The summed E-state index contributed by atoms with van der Waals surface area (Å²) < 4.78 is 0. The van der Waals surface area contributed by atoms with E-state index in [0.29, 0.717) is 0 Å². The number of rotatable bonds is 0. The molecule has 1 N–H and O–H groups in total. The van der Waals surface area contributed by atoms with E-state index in [4.69, 9.17) is 12.8 Å². The van der Waals surface area contributed by atoms with Gasteiger partial charge in [-0.15, -0.1) is 12.8 Å². The largest absolute Gasteiger partial charge is 0.387 e. The third-order valence-corrected chi connectivity index (χ3v) is 5.90. The maximum atomic E-state index is 4.99. The Morgan fingerprint density at radius 2 is 0.917 bits per heavy atom. The molecule has 3 aliphatic rings. The van der Waals surface area contributed by atoms with Gasteiger partial charge in [0.05, 0.1) is 5.92 Å². The van der Waals surface area contributed by atoms with Crippen LogP contribution in [0.25, 0.3) is 0 Å². The third kappa shape index (κ3) is 11.4. The van der Waals surface area contributed by atoms with Gasteiger partial charge < -0.3 is 5.32 Å². The molecule has 2 atom stereocenters. The van der Waals surface area contributed by atoms with Crippen LogP contribution in [0.1, 0.15) is 12.8 Å². The summed E-state index contributed by atoms with van der Waals surface area (Å²) in [6.45, 7) is 0.900. The molecule has 2 aliphatic carbocycles. The maximum absolute atomic E-state index is 4.99. The Morgan fingerprint density at radius 1 is 0.521 bits per heavy atom. The fraction of sp³-hybridized carbons (Fsp3) is 0.106. The lowest BCUT2D eigenvalue weighted by Gasteiger charge is -2.30. The number of nitrogens with one attached hydrogen (secondary N) is 1. The lowest BCUT2D eigenvalue weighted by molar-refractivity contribution is 0.415. The average molecular weight is 592 g/mol. The van der Waals surface area contributed by atoms with Crippen molar-refractivity contribution >= 4 is 0 Å². The van der Waals surface area contributed by atoms with Gasteiger partial charge in [-0.25, -0.2) is 0 Å². The first-order chi connectivity index (χ1) is 23.8. The zero-order chi connectivity index (χ0) is 33.8. The van der Waals surface area contributed by atoms with Gasteiger partial charge in [0.1, 0.15) is 0 Å². The first-order valence-corrected chi connectivity index (χ1v) is 13.6. The first kappa shape index (κ1) is 33.6. The van der Waals surface area contributed by atoms with Crippen LogP contribution in [-0.4, -0.2) is 6.54 Å². The second kappa shape index (κ2) is 20.9. The molecule has 0 fully saturated rings. The van der Waals surface area contributed by atoms with Crippen molar-refractivity contribution in [1.82, 2.24) is 5.32 Å². The summed E-state index contributed by atoms with van der Waals surface area (Å²) in [6, 6.07) is 0. The molecule has 0 aromatic heterocycles. The number of hydrogen-bond donors (Lipinski definition) is 1. The van der Waals surface area contributed by atoms with Crippen molar-refractivity contribution in [2.75, 3.05) is 6.54 Å². The van der Waals surface area contributed by atoms with Gasteiger partial charge in [-0.05, 0) is 202 Å². The van der Waals surface area contributed by atoms with E-state index in [1.807, 2.05) is 12.2 Å². The SMILES string of the molecule is C#CC#CC#CC#CC#CC#CC#CC#CC#CC#CC1=CC=CC12CC1=C(NCC1)C2C#CC#CC#CC#CC#CC#CC#CC#C. The lowest BCUT2D eigenvalue weighted by Crippen LogP contribution is -2.29. The highest BCUT2D eigenvalue weighted by atomic mass is 14.9. The predicted octanol–water partition coefficient (Wildman–Crippen LogP) is 2.06. The minimum Gasteiger partial charge on any atom is -0.387 e. The molecule has 1 aliphatic heterocycles. The highest BCUT2D eigenvalue weighted by Gasteiger charge is 2.49. The van der Waals surface area contributed by atoms with Crippen LogP contribution in [0.2, 0.25) is 0 Å². The molecule has 0 aromatic rings. The number of allylic oxidation sites excluding steroid dienone is 5. The van der Waals surface area contributed by atoms with Crippen molar-refractivity contribution < 1.29 is 0 Å². The molecule has 206 valence electrons. The lowest BCUT2D eigenvalue weighted by atomic mass is 9.72. The number of terminal acetylenes is 2. The topological polar surface area (TPSA) is 12.0 Å². The Labute approximate surface area is 284 Å². The van der Waals surface area contributed by atoms with Crippen LogP contribution in [0.4, 0.5) is 0 Å². The van der Waals surface area contributed by atoms with Gasteiger partial charge >= 0.3 is 0 Å².